The zero-order valence-corrected chi connectivity index (χ0v) is 7.16. The summed E-state index contributed by atoms with van der Waals surface area (Å²) in [5.74, 6) is -1.39. The molecule has 2 atom stereocenters. The Labute approximate surface area is 62.7 Å². The summed E-state index contributed by atoms with van der Waals surface area (Å²) in [6, 6.07) is 0. The van der Waals surface area contributed by atoms with Gasteiger partial charge in [-0.2, -0.15) is 0 Å². The van der Waals surface area contributed by atoms with Gasteiger partial charge in [-0.3, -0.25) is 0 Å². The van der Waals surface area contributed by atoms with E-state index in [1.807, 2.05) is 6.92 Å². The molecule has 0 saturated carbocycles. The lowest BCUT2D eigenvalue weighted by Gasteiger charge is -2.00. The second-order valence-corrected chi connectivity index (χ2v) is 3.55. The monoisotopic (exact) mass is 196 g/mol. The molecule has 9 heavy (non-hydrogen) atoms. The lowest BCUT2D eigenvalue weighted by molar-refractivity contribution is 0.136. The van der Waals surface area contributed by atoms with Crippen molar-refractivity contribution >= 4 is 15.9 Å². The summed E-state index contributed by atoms with van der Waals surface area (Å²) in [5.41, 5.74) is 0. The Morgan fingerprint density at radius 1 is 1.44 bits per heavy atom. The van der Waals surface area contributed by atoms with Crippen LogP contribution in [0.4, 0.5) is 4.39 Å². The molecular weight excluding hydrogens is 187 g/mol. The van der Waals surface area contributed by atoms with Crippen LogP contribution in [0.1, 0.15) is 26.7 Å². The molecule has 0 aromatic heterocycles. The van der Waals surface area contributed by atoms with Crippen LogP contribution in [0, 0.1) is 0 Å². The third kappa shape index (κ3) is 0.905. The van der Waals surface area contributed by atoms with E-state index < -0.39 is 10.4 Å². The van der Waals surface area contributed by atoms with E-state index in [-0.39, 0.29) is 0 Å². The van der Waals surface area contributed by atoms with E-state index in [0.717, 1.165) is 0 Å². The van der Waals surface area contributed by atoms with Gasteiger partial charge in [0.05, 0.1) is 0 Å². The van der Waals surface area contributed by atoms with Crippen molar-refractivity contribution in [3.63, 3.8) is 0 Å². The maximum atomic E-state index is 13.0. The molecule has 0 spiro atoms. The minimum absolute atomic E-state index is 0.423. The second kappa shape index (κ2) is 1.92. The number of hydrogen-bond donors (Lipinski definition) is 0. The van der Waals surface area contributed by atoms with E-state index in [2.05, 4.69) is 15.9 Å². The number of alkyl halides is 2. The number of ether oxygens (including phenoxy) is 1. The Kier molecular flexibility index (Phi) is 1.60. The maximum absolute atomic E-state index is 13.0. The van der Waals surface area contributed by atoms with E-state index in [0.29, 0.717) is 12.8 Å². The minimum Gasteiger partial charge on any atom is -0.318 e. The molecule has 1 saturated heterocycles. The Morgan fingerprint density at radius 2 is 2.00 bits per heavy atom. The van der Waals surface area contributed by atoms with E-state index in [4.69, 9.17) is 4.74 Å². The van der Waals surface area contributed by atoms with Crippen LogP contribution in [0.3, 0.4) is 0 Å². The highest BCUT2D eigenvalue weighted by atomic mass is 79.9. The van der Waals surface area contributed by atoms with Gasteiger partial charge in [0.15, 0.2) is 4.51 Å². The van der Waals surface area contributed by atoms with Gasteiger partial charge in [-0.1, -0.05) is 13.8 Å². The van der Waals surface area contributed by atoms with E-state index >= 15 is 0 Å². The summed E-state index contributed by atoms with van der Waals surface area (Å²) in [4.78, 5) is 0. The van der Waals surface area contributed by atoms with Crippen LogP contribution in [0.5, 0.6) is 0 Å². The van der Waals surface area contributed by atoms with Gasteiger partial charge in [-0.15, -0.1) is 0 Å². The molecule has 3 heteroatoms. The van der Waals surface area contributed by atoms with Crippen molar-refractivity contribution in [2.45, 2.75) is 37.1 Å². The molecular formula is C6H10BrFO. The Morgan fingerprint density at radius 3 is 2.11 bits per heavy atom. The Balaban J connectivity index is 2.54. The minimum atomic E-state index is -1.39. The van der Waals surface area contributed by atoms with Gasteiger partial charge in [0, 0.05) is 6.42 Å². The van der Waals surface area contributed by atoms with Crippen molar-refractivity contribution in [1.82, 2.24) is 0 Å². The van der Waals surface area contributed by atoms with E-state index in [1.54, 1.807) is 6.92 Å². The molecule has 0 N–H and O–H groups in total. The molecule has 1 rings (SSSR count). The molecule has 1 nitrogen and oxygen atoms in total. The molecule has 0 amide bonds. The summed E-state index contributed by atoms with van der Waals surface area (Å²) in [5, 5.41) is 0. The average Bonchev–Trinajstić information content (AvgIpc) is 2.39. The van der Waals surface area contributed by atoms with Crippen molar-refractivity contribution in [3.8, 4) is 0 Å². The topological polar surface area (TPSA) is 12.5 Å². The highest BCUT2D eigenvalue weighted by Gasteiger charge is 2.68. The smallest absolute Gasteiger partial charge is 0.249 e. The predicted octanol–water partition coefficient (Wildman–Crippen LogP) is 2.59. The largest absolute Gasteiger partial charge is 0.318 e. The van der Waals surface area contributed by atoms with Crippen LogP contribution in [-0.4, -0.2) is 10.4 Å². The molecule has 0 aromatic rings. The second-order valence-electron chi connectivity index (χ2n) is 2.27. The Bertz CT molecular complexity index is 116. The first-order chi connectivity index (χ1) is 4.08. The third-order valence-electron chi connectivity index (χ3n) is 1.75. The van der Waals surface area contributed by atoms with Crippen LogP contribution < -0.4 is 0 Å². The number of epoxide rings is 1. The first kappa shape index (κ1) is 7.48. The van der Waals surface area contributed by atoms with Gasteiger partial charge < -0.3 is 4.74 Å². The number of hydrogen-bond acceptors (Lipinski definition) is 1. The van der Waals surface area contributed by atoms with Crippen molar-refractivity contribution in [2.24, 2.45) is 0 Å². The fourth-order valence-electron chi connectivity index (χ4n) is 0.903. The molecule has 1 fully saturated rings. The molecule has 1 heterocycles. The molecule has 1 aliphatic rings. The quantitative estimate of drug-likeness (QED) is 0.489. The number of rotatable bonds is 2. The van der Waals surface area contributed by atoms with Gasteiger partial charge in [0.1, 0.15) is 0 Å². The molecule has 0 bridgehead atoms. The van der Waals surface area contributed by atoms with Crippen LogP contribution >= 0.6 is 15.9 Å². The summed E-state index contributed by atoms with van der Waals surface area (Å²) in [7, 11) is 0. The van der Waals surface area contributed by atoms with Crippen LogP contribution in [-0.2, 0) is 4.74 Å². The first-order valence-corrected chi connectivity index (χ1v) is 3.95. The third-order valence-corrected chi connectivity index (χ3v) is 3.06. The first-order valence-electron chi connectivity index (χ1n) is 3.16. The lowest BCUT2D eigenvalue weighted by atomic mass is 10.2. The lowest BCUT2D eigenvalue weighted by Crippen LogP contribution is -2.12. The fraction of sp³-hybridized carbons (Fsp3) is 1.00. The highest BCUT2D eigenvalue weighted by Crippen LogP contribution is 2.58. The van der Waals surface area contributed by atoms with Crippen LogP contribution in [0.25, 0.3) is 0 Å². The molecule has 1 aliphatic heterocycles. The van der Waals surface area contributed by atoms with Crippen LogP contribution in [0.2, 0.25) is 0 Å². The zero-order valence-electron chi connectivity index (χ0n) is 5.58. The molecule has 54 valence electrons. The van der Waals surface area contributed by atoms with Gasteiger partial charge in [-0.05, 0) is 22.4 Å². The van der Waals surface area contributed by atoms with Gasteiger partial charge in [0.2, 0.25) is 5.85 Å². The van der Waals surface area contributed by atoms with E-state index in [1.165, 1.54) is 0 Å². The van der Waals surface area contributed by atoms with E-state index in [9.17, 15) is 4.39 Å². The van der Waals surface area contributed by atoms with Gasteiger partial charge in [-0.25, -0.2) is 4.39 Å². The van der Waals surface area contributed by atoms with Crippen LogP contribution in [0.15, 0.2) is 0 Å². The fourth-order valence-corrected chi connectivity index (χ4v) is 1.44. The molecule has 0 aromatic carbocycles. The Hall–Kier alpha value is 0.370. The standard InChI is InChI=1S/C6H10BrFO/c1-3-5(7)6(8,4-2)9-5/h3-4H2,1-2H3/t5-,6-/m0/s1. The normalized spacial score (nSPS) is 49.3. The van der Waals surface area contributed by atoms with Crippen molar-refractivity contribution in [3.05, 3.63) is 0 Å². The zero-order chi connectivity index (χ0) is 7.12. The molecule has 0 aliphatic carbocycles. The van der Waals surface area contributed by atoms with Crippen molar-refractivity contribution in [2.75, 3.05) is 0 Å². The molecule has 0 unspecified atom stereocenters. The summed E-state index contributed by atoms with van der Waals surface area (Å²) in [6.45, 7) is 3.67. The van der Waals surface area contributed by atoms with Gasteiger partial charge in [0.25, 0.3) is 0 Å². The SMILES string of the molecule is CC[C@]1(F)O[C@@]1(Br)CC. The summed E-state index contributed by atoms with van der Waals surface area (Å²) >= 11 is 3.17. The van der Waals surface area contributed by atoms with Crippen molar-refractivity contribution < 1.29 is 9.13 Å². The molecule has 0 radical (unpaired) electrons. The summed E-state index contributed by atoms with van der Waals surface area (Å²) in [6.07, 6.45) is 1.10. The highest BCUT2D eigenvalue weighted by molar-refractivity contribution is 9.10. The number of halogens is 2. The van der Waals surface area contributed by atoms with Gasteiger partial charge >= 0.3 is 0 Å². The average molecular weight is 197 g/mol. The maximum Gasteiger partial charge on any atom is 0.249 e. The summed E-state index contributed by atoms with van der Waals surface area (Å²) < 4.78 is 17.2. The van der Waals surface area contributed by atoms with Crippen molar-refractivity contribution in [1.29, 1.82) is 0 Å². The predicted molar refractivity (Wildman–Crippen MR) is 37.2 cm³/mol.